The first kappa shape index (κ1) is 12.3. The van der Waals surface area contributed by atoms with Gasteiger partial charge in [0.1, 0.15) is 11.3 Å². The molecule has 1 aromatic carbocycles. The molecular weight excluding hydrogens is 240 g/mol. The van der Waals surface area contributed by atoms with Crippen molar-refractivity contribution in [1.82, 2.24) is 0 Å². The van der Waals surface area contributed by atoms with E-state index in [0.717, 1.165) is 47.9 Å². The third kappa shape index (κ3) is 1.93. The van der Waals surface area contributed by atoms with Gasteiger partial charge in [0.25, 0.3) is 0 Å². The van der Waals surface area contributed by atoms with E-state index in [-0.39, 0.29) is 5.63 Å². The summed E-state index contributed by atoms with van der Waals surface area (Å²) in [6.45, 7) is 4.51. The monoisotopic (exact) mass is 258 g/mol. The molecule has 3 heteroatoms. The van der Waals surface area contributed by atoms with Crippen molar-refractivity contribution in [3.63, 3.8) is 0 Å². The molecule has 0 unspecified atom stereocenters. The first-order chi connectivity index (χ1) is 9.22. The minimum absolute atomic E-state index is 0.168. The average Bonchev–Trinajstić information content (AvgIpc) is 2.43. The van der Waals surface area contributed by atoms with E-state index >= 15 is 0 Å². The van der Waals surface area contributed by atoms with Crippen molar-refractivity contribution in [3.8, 4) is 5.75 Å². The Morgan fingerprint density at radius 2 is 1.95 bits per heavy atom. The predicted octanol–water partition coefficient (Wildman–Crippen LogP) is 3.38. The van der Waals surface area contributed by atoms with Gasteiger partial charge < -0.3 is 9.15 Å². The molecule has 0 atom stereocenters. The Kier molecular flexibility index (Phi) is 3.05. The van der Waals surface area contributed by atoms with Gasteiger partial charge in [-0.05, 0) is 57.2 Å². The van der Waals surface area contributed by atoms with Crippen molar-refractivity contribution < 1.29 is 9.15 Å². The third-order valence-corrected chi connectivity index (χ3v) is 3.89. The summed E-state index contributed by atoms with van der Waals surface area (Å²) in [7, 11) is 0. The molecule has 0 saturated carbocycles. The van der Waals surface area contributed by atoms with Gasteiger partial charge in [0.05, 0.1) is 6.61 Å². The Balaban J connectivity index is 2.31. The first-order valence-electron chi connectivity index (χ1n) is 6.93. The van der Waals surface area contributed by atoms with Crippen molar-refractivity contribution in [2.24, 2.45) is 0 Å². The first-order valence-corrected chi connectivity index (χ1v) is 6.93. The zero-order chi connectivity index (χ0) is 13.4. The molecule has 1 aliphatic rings. The topological polar surface area (TPSA) is 39.4 Å². The second-order valence-corrected chi connectivity index (χ2v) is 5.05. The summed E-state index contributed by atoms with van der Waals surface area (Å²) in [4.78, 5) is 12.1. The summed E-state index contributed by atoms with van der Waals surface area (Å²) in [5.74, 6) is 0.800. The normalized spacial score (nSPS) is 14.4. The van der Waals surface area contributed by atoms with E-state index in [1.807, 2.05) is 26.0 Å². The summed E-state index contributed by atoms with van der Waals surface area (Å²) in [5, 5.41) is 1.08. The summed E-state index contributed by atoms with van der Waals surface area (Å²) < 4.78 is 11.1. The van der Waals surface area contributed by atoms with E-state index in [1.54, 1.807) is 0 Å². The molecule has 1 aromatic heterocycles. The van der Waals surface area contributed by atoms with Crippen LogP contribution in [0.4, 0.5) is 0 Å². The molecule has 100 valence electrons. The van der Waals surface area contributed by atoms with Crippen LogP contribution in [0, 0.1) is 6.92 Å². The Hall–Kier alpha value is -1.77. The van der Waals surface area contributed by atoms with Gasteiger partial charge in [-0.2, -0.15) is 0 Å². The molecule has 3 rings (SSSR count). The second kappa shape index (κ2) is 4.72. The number of ether oxygens (including phenoxy) is 1. The van der Waals surface area contributed by atoms with Crippen LogP contribution in [0.3, 0.4) is 0 Å². The van der Waals surface area contributed by atoms with Gasteiger partial charge in [-0.3, -0.25) is 0 Å². The Morgan fingerprint density at radius 1 is 1.21 bits per heavy atom. The highest BCUT2D eigenvalue weighted by Gasteiger charge is 2.19. The SMILES string of the molecule is CCOc1ccc2c3c(c(=O)oc2c1C)CCCC3. The molecule has 0 radical (unpaired) electrons. The smallest absolute Gasteiger partial charge is 0.339 e. The minimum atomic E-state index is -0.168. The van der Waals surface area contributed by atoms with E-state index in [9.17, 15) is 4.79 Å². The van der Waals surface area contributed by atoms with Gasteiger partial charge in [-0.15, -0.1) is 0 Å². The molecular formula is C16H18O3. The fraction of sp³-hybridized carbons (Fsp3) is 0.438. The molecule has 0 N–H and O–H groups in total. The summed E-state index contributed by atoms with van der Waals surface area (Å²) in [5.41, 5.74) is 3.51. The lowest BCUT2D eigenvalue weighted by molar-refractivity contribution is 0.337. The number of hydrogen-bond donors (Lipinski definition) is 0. The number of hydrogen-bond acceptors (Lipinski definition) is 3. The van der Waals surface area contributed by atoms with Crippen LogP contribution in [0.1, 0.15) is 36.5 Å². The number of aryl methyl sites for hydroxylation is 2. The zero-order valence-corrected chi connectivity index (χ0v) is 11.4. The highest BCUT2D eigenvalue weighted by Crippen LogP contribution is 2.32. The van der Waals surface area contributed by atoms with Crippen molar-refractivity contribution >= 4 is 11.0 Å². The van der Waals surface area contributed by atoms with Crippen LogP contribution >= 0.6 is 0 Å². The molecule has 0 fully saturated rings. The molecule has 0 bridgehead atoms. The van der Waals surface area contributed by atoms with Gasteiger partial charge in [0, 0.05) is 16.5 Å². The lowest BCUT2D eigenvalue weighted by Gasteiger charge is -2.17. The molecule has 19 heavy (non-hydrogen) atoms. The number of fused-ring (bicyclic) bond motifs is 3. The van der Waals surface area contributed by atoms with Gasteiger partial charge in [-0.1, -0.05) is 0 Å². The van der Waals surface area contributed by atoms with E-state index in [2.05, 4.69) is 0 Å². The predicted molar refractivity (Wildman–Crippen MR) is 75.0 cm³/mol. The average molecular weight is 258 g/mol. The molecule has 0 aliphatic heterocycles. The van der Waals surface area contributed by atoms with E-state index in [0.29, 0.717) is 12.2 Å². The molecule has 0 saturated heterocycles. The molecule has 1 aliphatic carbocycles. The molecule has 3 nitrogen and oxygen atoms in total. The molecule has 1 heterocycles. The fourth-order valence-electron chi connectivity index (χ4n) is 2.94. The molecule has 0 amide bonds. The van der Waals surface area contributed by atoms with Gasteiger partial charge in [0.2, 0.25) is 0 Å². The van der Waals surface area contributed by atoms with Gasteiger partial charge in [0.15, 0.2) is 0 Å². The van der Waals surface area contributed by atoms with Crippen molar-refractivity contribution in [3.05, 3.63) is 39.2 Å². The zero-order valence-electron chi connectivity index (χ0n) is 11.4. The van der Waals surface area contributed by atoms with E-state index in [4.69, 9.17) is 9.15 Å². The maximum absolute atomic E-state index is 12.1. The second-order valence-electron chi connectivity index (χ2n) is 5.05. The van der Waals surface area contributed by atoms with Crippen LogP contribution in [0.15, 0.2) is 21.3 Å². The highest BCUT2D eigenvalue weighted by molar-refractivity contribution is 5.86. The summed E-state index contributed by atoms with van der Waals surface area (Å²) >= 11 is 0. The van der Waals surface area contributed by atoms with E-state index < -0.39 is 0 Å². The number of benzene rings is 1. The molecule has 0 spiro atoms. The minimum Gasteiger partial charge on any atom is -0.493 e. The van der Waals surface area contributed by atoms with E-state index in [1.165, 1.54) is 5.56 Å². The van der Waals surface area contributed by atoms with Crippen LogP contribution < -0.4 is 10.4 Å². The van der Waals surface area contributed by atoms with Crippen LogP contribution in [0.2, 0.25) is 0 Å². The number of rotatable bonds is 2. The van der Waals surface area contributed by atoms with Crippen LogP contribution in [-0.4, -0.2) is 6.61 Å². The molecule has 2 aromatic rings. The summed E-state index contributed by atoms with van der Waals surface area (Å²) in [6.07, 6.45) is 4.06. The lowest BCUT2D eigenvalue weighted by atomic mass is 9.90. The third-order valence-electron chi connectivity index (χ3n) is 3.89. The highest BCUT2D eigenvalue weighted by atomic mass is 16.5. The standard InChI is InChI=1S/C16H18O3/c1-3-18-14-9-8-12-11-6-4-5-7-13(11)16(17)19-15(12)10(14)2/h8-9H,3-7H2,1-2H3. The Bertz CT molecular complexity index is 682. The Labute approximate surface area is 112 Å². The fourth-order valence-corrected chi connectivity index (χ4v) is 2.94. The Morgan fingerprint density at radius 3 is 2.68 bits per heavy atom. The maximum atomic E-state index is 12.1. The van der Waals surface area contributed by atoms with Crippen molar-refractivity contribution in [1.29, 1.82) is 0 Å². The maximum Gasteiger partial charge on any atom is 0.339 e. The largest absolute Gasteiger partial charge is 0.493 e. The van der Waals surface area contributed by atoms with Crippen LogP contribution in [0.25, 0.3) is 11.0 Å². The quantitative estimate of drug-likeness (QED) is 0.775. The van der Waals surface area contributed by atoms with Gasteiger partial charge >= 0.3 is 5.63 Å². The van der Waals surface area contributed by atoms with Gasteiger partial charge in [-0.25, -0.2) is 4.79 Å². The summed E-state index contributed by atoms with van der Waals surface area (Å²) in [6, 6.07) is 4.01. The van der Waals surface area contributed by atoms with Crippen LogP contribution in [-0.2, 0) is 12.8 Å². The lowest BCUT2D eigenvalue weighted by Crippen LogP contribution is -2.16. The van der Waals surface area contributed by atoms with Crippen LogP contribution in [0.5, 0.6) is 5.75 Å². The van der Waals surface area contributed by atoms with Crippen molar-refractivity contribution in [2.75, 3.05) is 6.61 Å². The van der Waals surface area contributed by atoms with Crippen molar-refractivity contribution in [2.45, 2.75) is 39.5 Å².